The Morgan fingerprint density at radius 1 is 0.765 bits per heavy atom. The van der Waals surface area contributed by atoms with E-state index in [4.69, 9.17) is 0 Å². The fraction of sp³-hybridized carbons (Fsp3) is 1.00. The quantitative estimate of drug-likeness (QED) is 0.427. The molecule has 2 atom stereocenters. The van der Waals surface area contributed by atoms with E-state index in [0.29, 0.717) is 12.1 Å². The first kappa shape index (κ1) is 13.2. The highest BCUT2D eigenvalue weighted by atomic mass is 15.1. The molecule has 2 heterocycles. The Morgan fingerprint density at radius 3 is 1.71 bits per heavy atom. The molecule has 0 aromatic carbocycles. The van der Waals surface area contributed by atoms with Crippen molar-refractivity contribution in [1.29, 1.82) is 0 Å². The summed E-state index contributed by atoms with van der Waals surface area (Å²) in [5, 5.41) is 18.5. The summed E-state index contributed by atoms with van der Waals surface area (Å²) in [5.74, 6) is 0. The normalized spacial score (nSPS) is 30.4. The number of hydrogen-bond acceptors (Lipinski definition) is 4. The third-order valence-corrected chi connectivity index (χ3v) is 3.52. The maximum atomic E-state index is 4.62. The van der Waals surface area contributed by atoms with Crippen LogP contribution in [-0.2, 0) is 0 Å². The Hall–Kier alpha value is -0.200. The summed E-state index contributed by atoms with van der Waals surface area (Å²) >= 11 is 0. The third kappa shape index (κ3) is 5.31. The Bertz CT molecular complexity index is 167. The van der Waals surface area contributed by atoms with E-state index >= 15 is 0 Å². The van der Waals surface area contributed by atoms with E-state index in [1.807, 2.05) is 0 Å². The van der Waals surface area contributed by atoms with Gasteiger partial charge in [-0.3, -0.25) is 0 Å². The standard InChI is InChI=1S/C12H26N5/c1(11-9-14-5-7-16-11)3-13-4-2-12-10-15-6-8-17-12/h11-12,14-17H,1-10H2. The lowest BCUT2D eigenvalue weighted by atomic mass is 10.1. The van der Waals surface area contributed by atoms with E-state index in [-0.39, 0.29) is 0 Å². The Morgan fingerprint density at radius 2 is 1.29 bits per heavy atom. The van der Waals surface area contributed by atoms with Crippen LogP contribution in [0.2, 0.25) is 0 Å². The first-order chi connectivity index (χ1) is 8.45. The molecule has 0 aliphatic carbocycles. The lowest BCUT2D eigenvalue weighted by Gasteiger charge is -2.25. The summed E-state index contributed by atoms with van der Waals surface area (Å²) in [6.45, 7) is 8.61. The van der Waals surface area contributed by atoms with Gasteiger partial charge < -0.3 is 21.3 Å². The molecule has 0 aromatic heterocycles. The van der Waals surface area contributed by atoms with Crippen LogP contribution in [0, 0.1) is 0 Å². The molecule has 1 radical (unpaired) electrons. The highest BCUT2D eigenvalue weighted by Crippen LogP contribution is 1.95. The van der Waals surface area contributed by atoms with E-state index in [1.165, 1.54) is 12.8 Å². The van der Waals surface area contributed by atoms with Gasteiger partial charge in [0.1, 0.15) is 0 Å². The predicted octanol–water partition coefficient (Wildman–Crippen LogP) is -1.51. The zero-order valence-electron chi connectivity index (χ0n) is 10.7. The van der Waals surface area contributed by atoms with Crippen molar-refractivity contribution >= 4 is 0 Å². The second-order valence-corrected chi connectivity index (χ2v) is 4.96. The zero-order chi connectivity index (χ0) is 11.8. The van der Waals surface area contributed by atoms with Crippen LogP contribution in [0.3, 0.4) is 0 Å². The van der Waals surface area contributed by atoms with Crippen LogP contribution < -0.4 is 26.6 Å². The van der Waals surface area contributed by atoms with Crippen molar-refractivity contribution in [3.05, 3.63) is 0 Å². The number of rotatable bonds is 6. The molecule has 5 nitrogen and oxygen atoms in total. The van der Waals surface area contributed by atoms with Crippen molar-refractivity contribution in [3.8, 4) is 0 Å². The van der Waals surface area contributed by atoms with Gasteiger partial charge in [-0.15, -0.1) is 0 Å². The molecule has 0 amide bonds. The molecule has 5 heteroatoms. The second kappa shape index (κ2) is 8.00. The molecule has 0 saturated carbocycles. The molecule has 2 aliphatic rings. The first-order valence-electron chi connectivity index (χ1n) is 6.96. The van der Waals surface area contributed by atoms with Gasteiger partial charge in [0.15, 0.2) is 0 Å². The molecular weight excluding hydrogens is 214 g/mol. The van der Waals surface area contributed by atoms with Crippen LogP contribution in [0.25, 0.3) is 0 Å². The molecule has 4 N–H and O–H groups in total. The van der Waals surface area contributed by atoms with E-state index < -0.39 is 0 Å². The molecule has 2 saturated heterocycles. The maximum absolute atomic E-state index is 4.62. The summed E-state index contributed by atoms with van der Waals surface area (Å²) in [6, 6.07) is 1.25. The van der Waals surface area contributed by atoms with Crippen molar-refractivity contribution in [2.45, 2.75) is 24.9 Å². The number of piperazine rings is 2. The van der Waals surface area contributed by atoms with Gasteiger partial charge in [-0.05, 0) is 12.8 Å². The topological polar surface area (TPSA) is 62.2 Å². The number of hydrogen-bond donors (Lipinski definition) is 4. The summed E-state index contributed by atoms with van der Waals surface area (Å²) in [4.78, 5) is 0. The second-order valence-electron chi connectivity index (χ2n) is 4.96. The highest BCUT2D eigenvalue weighted by molar-refractivity contribution is 4.77. The maximum Gasteiger partial charge on any atom is 0.0205 e. The Balaban J connectivity index is 1.42. The zero-order valence-corrected chi connectivity index (χ0v) is 10.7. The van der Waals surface area contributed by atoms with E-state index in [1.54, 1.807) is 0 Å². The van der Waals surface area contributed by atoms with Crippen molar-refractivity contribution in [2.75, 3.05) is 52.4 Å². The number of nitrogens with zero attached hydrogens (tertiary/aromatic N) is 1. The molecule has 2 unspecified atom stereocenters. The molecular formula is C12H26N5. The lowest BCUT2D eigenvalue weighted by Crippen LogP contribution is -2.49. The van der Waals surface area contributed by atoms with Gasteiger partial charge in [-0.2, -0.15) is 0 Å². The third-order valence-electron chi connectivity index (χ3n) is 3.52. The van der Waals surface area contributed by atoms with Crippen molar-refractivity contribution in [1.82, 2.24) is 26.6 Å². The largest absolute Gasteiger partial charge is 0.314 e. The van der Waals surface area contributed by atoms with Crippen LogP contribution in [0.4, 0.5) is 0 Å². The minimum Gasteiger partial charge on any atom is -0.314 e. The SMILES string of the molecule is C(CC1CNCCN1)[N]CCC1CNCCN1. The predicted molar refractivity (Wildman–Crippen MR) is 70.4 cm³/mol. The van der Waals surface area contributed by atoms with Crippen molar-refractivity contribution in [2.24, 2.45) is 0 Å². The molecule has 0 bridgehead atoms. The van der Waals surface area contributed by atoms with E-state index in [9.17, 15) is 0 Å². The number of nitrogens with one attached hydrogen (secondary N) is 4. The van der Waals surface area contributed by atoms with Crippen LogP contribution in [0.15, 0.2) is 0 Å². The van der Waals surface area contributed by atoms with Gasteiger partial charge in [-0.25, -0.2) is 5.32 Å². The van der Waals surface area contributed by atoms with Crippen LogP contribution in [-0.4, -0.2) is 64.4 Å². The minimum atomic E-state index is 0.627. The Labute approximate surface area is 104 Å². The van der Waals surface area contributed by atoms with Gasteiger partial charge in [0.05, 0.1) is 0 Å². The smallest absolute Gasteiger partial charge is 0.0205 e. The molecule has 0 aromatic rings. The summed E-state index contributed by atoms with van der Waals surface area (Å²) in [6.07, 6.45) is 2.34. The van der Waals surface area contributed by atoms with Gasteiger partial charge in [0.2, 0.25) is 0 Å². The molecule has 2 aliphatic heterocycles. The van der Waals surface area contributed by atoms with Crippen LogP contribution in [0.1, 0.15) is 12.8 Å². The molecule has 17 heavy (non-hydrogen) atoms. The van der Waals surface area contributed by atoms with Crippen LogP contribution >= 0.6 is 0 Å². The average molecular weight is 240 g/mol. The van der Waals surface area contributed by atoms with Crippen molar-refractivity contribution < 1.29 is 0 Å². The van der Waals surface area contributed by atoms with E-state index in [2.05, 4.69) is 26.6 Å². The first-order valence-corrected chi connectivity index (χ1v) is 6.96. The average Bonchev–Trinajstić information content (AvgIpc) is 2.41. The summed E-state index contributed by atoms with van der Waals surface area (Å²) < 4.78 is 0. The minimum absolute atomic E-state index is 0.627. The van der Waals surface area contributed by atoms with Crippen molar-refractivity contribution in [3.63, 3.8) is 0 Å². The van der Waals surface area contributed by atoms with Gasteiger partial charge in [0, 0.05) is 64.4 Å². The van der Waals surface area contributed by atoms with Crippen LogP contribution in [0.5, 0.6) is 0 Å². The molecule has 99 valence electrons. The summed E-state index contributed by atoms with van der Waals surface area (Å²) in [5.41, 5.74) is 0. The Kier molecular flexibility index (Phi) is 6.23. The van der Waals surface area contributed by atoms with Gasteiger partial charge >= 0.3 is 0 Å². The van der Waals surface area contributed by atoms with Gasteiger partial charge in [0.25, 0.3) is 0 Å². The highest BCUT2D eigenvalue weighted by Gasteiger charge is 2.13. The summed E-state index contributed by atoms with van der Waals surface area (Å²) in [7, 11) is 0. The molecule has 0 spiro atoms. The fourth-order valence-corrected chi connectivity index (χ4v) is 2.44. The van der Waals surface area contributed by atoms with E-state index in [0.717, 1.165) is 52.4 Å². The monoisotopic (exact) mass is 240 g/mol. The lowest BCUT2D eigenvalue weighted by molar-refractivity contribution is 0.373. The molecule has 2 rings (SSSR count). The van der Waals surface area contributed by atoms with Gasteiger partial charge in [-0.1, -0.05) is 0 Å². The molecule has 2 fully saturated rings. The fourth-order valence-electron chi connectivity index (χ4n) is 2.44.